The van der Waals surface area contributed by atoms with Gasteiger partial charge in [0.1, 0.15) is 0 Å². The molecule has 1 aromatic rings. The zero-order valence-corrected chi connectivity index (χ0v) is 12.6. The van der Waals surface area contributed by atoms with Crippen molar-refractivity contribution in [2.75, 3.05) is 13.1 Å². The lowest BCUT2D eigenvalue weighted by Crippen LogP contribution is -2.55. The third-order valence-electron chi connectivity index (χ3n) is 4.57. The van der Waals surface area contributed by atoms with Crippen molar-refractivity contribution in [1.82, 2.24) is 4.90 Å². The quantitative estimate of drug-likeness (QED) is 0.923. The van der Waals surface area contributed by atoms with Gasteiger partial charge >= 0.3 is 6.18 Å². The van der Waals surface area contributed by atoms with Crippen LogP contribution in [0.15, 0.2) is 24.3 Å². The molecule has 1 atom stereocenters. The molecule has 0 amide bonds. The SMILES string of the molecule is CC(C)(C(N)Cc1ccc(C(F)(F)F)cc1)N1CCCC1. The Labute approximate surface area is 124 Å². The monoisotopic (exact) mass is 300 g/mol. The second-order valence-electron chi connectivity index (χ2n) is 6.35. The number of nitrogens with zero attached hydrogens (tertiary/aromatic N) is 1. The Morgan fingerprint density at radius 1 is 1.10 bits per heavy atom. The molecular weight excluding hydrogens is 277 g/mol. The number of benzene rings is 1. The number of likely N-dealkylation sites (tertiary alicyclic amines) is 1. The number of hydrogen-bond acceptors (Lipinski definition) is 2. The molecule has 0 aromatic heterocycles. The van der Waals surface area contributed by atoms with Gasteiger partial charge in [0, 0.05) is 11.6 Å². The summed E-state index contributed by atoms with van der Waals surface area (Å²) in [6, 6.07) is 5.22. The highest BCUT2D eigenvalue weighted by Crippen LogP contribution is 2.30. The Balaban J connectivity index is 2.03. The van der Waals surface area contributed by atoms with Gasteiger partial charge in [0.2, 0.25) is 0 Å². The average molecular weight is 300 g/mol. The van der Waals surface area contributed by atoms with Crippen LogP contribution in [0.5, 0.6) is 0 Å². The van der Waals surface area contributed by atoms with Gasteiger partial charge in [0.05, 0.1) is 5.56 Å². The van der Waals surface area contributed by atoms with Crippen LogP contribution in [0.2, 0.25) is 0 Å². The molecule has 5 heteroatoms. The van der Waals surface area contributed by atoms with Gasteiger partial charge in [-0.1, -0.05) is 12.1 Å². The van der Waals surface area contributed by atoms with Crippen LogP contribution in [-0.2, 0) is 12.6 Å². The molecule has 1 aliphatic heterocycles. The highest BCUT2D eigenvalue weighted by atomic mass is 19.4. The number of alkyl halides is 3. The molecule has 1 saturated heterocycles. The molecule has 2 nitrogen and oxygen atoms in total. The minimum absolute atomic E-state index is 0.104. The summed E-state index contributed by atoms with van der Waals surface area (Å²) in [5, 5.41) is 0. The highest BCUT2D eigenvalue weighted by molar-refractivity contribution is 5.25. The molecule has 1 aromatic carbocycles. The van der Waals surface area contributed by atoms with Gasteiger partial charge in [-0.2, -0.15) is 13.2 Å². The molecule has 0 radical (unpaired) electrons. The summed E-state index contributed by atoms with van der Waals surface area (Å²) in [6.07, 6.45) is -1.32. The summed E-state index contributed by atoms with van der Waals surface area (Å²) >= 11 is 0. The minimum Gasteiger partial charge on any atom is -0.326 e. The first-order chi connectivity index (χ1) is 9.71. The number of halogens is 3. The van der Waals surface area contributed by atoms with E-state index in [0.717, 1.165) is 30.8 Å². The average Bonchev–Trinajstić information content (AvgIpc) is 2.92. The smallest absolute Gasteiger partial charge is 0.326 e. The van der Waals surface area contributed by atoms with E-state index in [0.29, 0.717) is 6.42 Å². The number of rotatable bonds is 4. The van der Waals surface area contributed by atoms with E-state index in [1.165, 1.54) is 25.0 Å². The van der Waals surface area contributed by atoms with E-state index in [1.807, 2.05) is 0 Å². The van der Waals surface area contributed by atoms with E-state index >= 15 is 0 Å². The van der Waals surface area contributed by atoms with Crippen LogP contribution in [-0.4, -0.2) is 29.6 Å². The first-order valence-electron chi connectivity index (χ1n) is 7.38. The number of nitrogens with two attached hydrogens (primary N) is 1. The second-order valence-corrected chi connectivity index (χ2v) is 6.35. The molecule has 21 heavy (non-hydrogen) atoms. The lowest BCUT2D eigenvalue weighted by molar-refractivity contribution is -0.137. The van der Waals surface area contributed by atoms with E-state index in [1.54, 1.807) is 0 Å². The molecule has 2 N–H and O–H groups in total. The molecule has 2 rings (SSSR count). The van der Waals surface area contributed by atoms with Gasteiger partial charge in [-0.25, -0.2) is 0 Å². The topological polar surface area (TPSA) is 29.3 Å². The fourth-order valence-corrected chi connectivity index (χ4v) is 2.86. The third-order valence-corrected chi connectivity index (χ3v) is 4.57. The lowest BCUT2D eigenvalue weighted by atomic mass is 9.88. The molecule has 1 unspecified atom stereocenters. The molecule has 1 heterocycles. The van der Waals surface area contributed by atoms with Gasteiger partial charge in [0.25, 0.3) is 0 Å². The largest absolute Gasteiger partial charge is 0.416 e. The maximum absolute atomic E-state index is 12.5. The van der Waals surface area contributed by atoms with E-state index in [2.05, 4.69) is 18.7 Å². The van der Waals surface area contributed by atoms with Crippen molar-refractivity contribution >= 4 is 0 Å². The van der Waals surface area contributed by atoms with Crippen LogP contribution in [0.3, 0.4) is 0 Å². The molecule has 1 aliphatic rings. The fourth-order valence-electron chi connectivity index (χ4n) is 2.86. The van der Waals surface area contributed by atoms with E-state index in [4.69, 9.17) is 5.73 Å². The van der Waals surface area contributed by atoms with Gasteiger partial charge in [-0.3, -0.25) is 4.90 Å². The van der Waals surface area contributed by atoms with Crippen molar-refractivity contribution in [2.45, 2.75) is 50.9 Å². The lowest BCUT2D eigenvalue weighted by Gasteiger charge is -2.40. The molecule has 0 aliphatic carbocycles. The van der Waals surface area contributed by atoms with Crippen molar-refractivity contribution in [3.05, 3.63) is 35.4 Å². The van der Waals surface area contributed by atoms with Gasteiger partial charge in [-0.05, 0) is 63.9 Å². The Morgan fingerprint density at radius 3 is 2.10 bits per heavy atom. The van der Waals surface area contributed by atoms with E-state index in [-0.39, 0.29) is 11.6 Å². The first kappa shape index (κ1) is 16.3. The van der Waals surface area contributed by atoms with Crippen molar-refractivity contribution < 1.29 is 13.2 Å². The third kappa shape index (κ3) is 3.77. The van der Waals surface area contributed by atoms with Crippen molar-refractivity contribution in [2.24, 2.45) is 5.73 Å². The van der Waals surface area contributed by atoms with Crippen LogP contribution in [0, 0.1) is 0 Å². The summed E-state index contributed by atoms with van der Waals surface area (Å²) in [5.41, 5.74) is 6.42. The molecule has 0 bridgehead atoms. The Kier molecular flexibility index (Phi) is 4.63. The maximum atomic E-state index is 12.5. The van der Waals surface area contributed by atoms with Crippen molar-refractivity contribution in [3.63, 3.8) is 0 Å². The molecule has 0 spiro atoms. The number of hydrogen-bond donors (Lipinski definition) is 1. The summed E-state index contributed by atoms with van der Waals surface area (Å²) in [7, 11) is 0. The maximum Gasteiger partial charge on any atom is 0.416 e. The predicted molar refractivity (Wildman–Crippen MR) is 78.0 cm³/mol. The predicted octanol–water partition coefficient (Wildman–Crippen LogP) is 3.45. The Bertz CT molecular complexity index is 459. The van der Waals surface area contributed by atoms with Gasteiger partial charge < -0.3 is 5.73 Å². The molecular formula is C16H23F3N2. The summed E-state index contributed by atoms with van der Waals surface area (Å²) < 4.78 is 37.6. The van der Waals surface area contributed by atoms with E-state index in [9.17, 15) is 13.2 Å². The second kappa shape index (κ2) is 5.97. The minimum atomic E-state index is -4.28. The zero-order chi connectivity index (χ0) is 15.7. The fraction of sp³-hybridized carbons (Fsp3) is 0.625. The van der Waals surface area contributed by atoms with Crippen LogP contribution in [0.4, 0.5) is 13.2 Å². The Morgan fingerprint density at radius 2 is 1.62 bits per heavy atom. The van der Waals surface area contributed by atoms with Crippen LogP contribution >= 0.6 is 0 Å². The highest BCUT2D eigenvalue weighted by Gasteiger charge is 2.35. The van der Waals surface area contributed by atoms with E-state index < -0.39 is 11.7 Å². The van der Waals surface area contributed by atoms with Gasteiger partial charge in [0.15, 0.2) is 0 Å². The van der Waals surface area contributed by atoms with Crippen LogP contribution < -0.4 is 5.73 Å². The molecule has 118 valence electrons. The first-order valence-corrected chi connectivity index (χ1v) is 7.38. The van der Waals surface area contributed by atoms with Gasteiger partial charge in [-0.15, -0.1) is 0 Å². The molecule has 0 saturated carbocycles. The molecule has 1 fully saturated rings. The van der Waals surface area contributed by atoms with Crippen molar-refractivity contribution in [1.29, 1.82) is 0 Å². The Hall–Kier alpha value is -1.07. The summed E-state index contributed by atoms with van der Waals surface area (Å²) in [4.78, 5) is 2.38. The van der Waals surface area contributed by atoms with Crippen LogP contribution in [0.25, 0.3) is 0 Å². The standard InChI is InChI=1S/C16H23F3N2/c1-15(2,21-9-3-4-10-21)14(20)11-12-5-7-13(8-6-12)16(17,18)19/h5-8,14H,3-4,9-11,20H2,1-2H3. The zero-order valence-electron chi connectivity index (χ0n) is 12.6. The normalized spacial score (nSPS) is 19.0. The summed E-state index contributed by atoms with van der Waals surface area (Å²) in [6.45, 7) is 6.33. The van der Waals surface area contributed by atoms with Crippen molar-refractivity contribution in [3.8, 4) is 0 Å². The summed E-state index contributed by atoms with van der Waals surface area (Å²) in [5.74, 6) is 0. The van der Waals surface area contributed by atoms with Crippen LogP contribution in [0.1, 0.15) is 37.8 Å².